The summed E-state index contributed by atoms with van der Waals surface area (Å²) in [5.74, 6) is -0.294. The minimum absolute atomic E-state index is 0.188. The van der Waals surface area contributed by atoms with Crippen molar-refractivity contribution in [3.8, 4) is 0 Å². The second kappa shape index (κ2) is 9.00. The molecule has 0 saturated carbocycles. The van der Waals surface area contributed by atoms with Crippen molar-refractivity contribution in [3.05, 3.63) is 57.5 Å². The molecule has 0 aliphatic carbocycles. The summed E-state index contributed by atoms with van der Waals surface area (Å²) in [4.78, 5) is 16.6. The van der Waals surface area contributed by atoms with E-state index in [1.165, 1.54) is 12.1 Å². The highest BCUT2D eigenvalue weighted by molar-refractivity contribution is 7.92. The van der Waals surface area contributed by atoms with Gasteiger partial charge < -0.3 is 9.80 Å². The molecular weight excluding hydrogens is 457 g/mol. The zero-order valence-electron chi connectivity index (χ0n) is 15.7. The number of piperazine rings is 1. The van der Waals surface area contributed by atoms with E-state index in [-0.39, 0.29) is 23.2 Å². The number of halogens is 3. The topological polar surface area (TPSA) is 60.9 Å². The summed E-state index contributed by atoms with van der Waals surface area (Å²) in [6, 6.07) is 12.0. The molecule has 0 bridgehead atoms. The van der Waals surface area contributed by atoms with E-state index in [0.29, 0.717) is 36.2 Å². The lowest BCUT2D eigenvalue weighted by Gasteiger charge is -2.37. The lowest BCUT2D eigenvalue weighted by molar-refractivity contribution is -0.129. The minimum atomic E-state index is -3.73. The lowest BCUT2D eigenvalue weighted by Crippen LogP contribution is -2.52. The zero-order valence-corrected chi connectivity index (χ0v) is 18.8. The fourth-order valence-electron chi connectivity index (χ4n) is 3.17. The number of amides is 1. The normalized spacial score (nSPS) is 14.8. The molecule has 29 heavy (non-hydrogen) atoms. The standard InChI is InChI=1S/C19H20Cl3N3O3S/c1-29(27,28)25(18-12-15(21)5-6-17(18)22)13-19(26)24-9-7-23(8-10-24)16-4-2-3-14(20)11-16/h2-6,11-12H,7-10,13H2,1H3. The summed E-state index contributed by atoms with van der Waals surface area (Å²) in [6.07, 6.45) is 1.04. The third kappa shape index (κ3) is 5.48. The van der Waals surface area contributed by atoms with E-state index in [0.717, 1.165) is 16.2 Å². The molecule has 0 atom stereocenters. The summed E-state index contributed by atoms with van der Waals surface area (Å²) < 4.78 is 25.6. The molecule has 3 rings (SSSR count). The van der Waals surface area contributed by atoms with Crippen LogP contribution in [-0.2, 0) is 14.8 Å². The molecule has 10 heteroatoms. The van der Waals surface area contributed by atoms with E-state index in [9.17, 15) is 13.2 Å². The van der Waals surface area contributed by atoms with Gasteiger partial charge in [-0.1, -0.05) is 40.9 Å². The van der Waals surface area contributed by atoms with Crippen LogP contribution in [0.5, 0.6) is 0 Å². The molecule has 0 N–H and O–H groups in total. The molecule has 1 aliphatic rings. The first kappa shape index (κ1) is 22.0. The van der Waals surface area contributed by atoms with Gasteiger partial charge >= 0.3 is 0 Å². The van der Waals surface area contributed by atoms with Crippen molar-refractivity contribution >= 4 is 62.1 Å². The first-order valence-corrected chi connectivity index (χ1v) is 11.8. The molecular formula is C19H20Cl3N3O3S. The molecule has 2 aromatic rings. The van der Waals surface area contributed by atoms with Gasteiger partial charge in [-0.2, -0.15) is 0 Å². The second-order valence-electron chi connectivity index (χ2n) is 6.71. The van der Waals surface area contributed by atoms with Crippen molar-refractivity contribution in [2.75, 3.05) is 48.2 Å². The molecule has 1 amide bonds. The maximum Gasteiger partial charge on any atom is 0.243 e. The molecule has 2 aromatic carbocycles. The van der Waals surface area contributed by atoms with Gasteiger partial charge in [-0.25, -0.2) is 8.42 Å². The molecule has 0 spiro atoms. The van der Waals surface area contributed by atoms with Crippen LogP contribution in [0.4, 0.5) is 11.4 Å². The summed E-state index contributed by atoms with van der Waals surface area (Å²) in [5, 5.41) is 1.20. The van der Waals surface area contributed by atoms with E-state index in [4.69, 9.17) is 34.8 Å². The van der Waals surface area contributed by atoms with E-state index in [1.807, 2.05) is 24.3 Å². The van der Waals surface area contributed by atoms with Gasteiger partial charge in [-0.05, 0) is 36.4 Å². The Bertz CT molecular complexity index is 1010. The van der Waals surface area contributed by atoms with Crippen molar-refractivity contribution in [2.45, 2.75) is 0 Å². The van der Waals surface area contributed by atoms with Crippen molar-refractivity contribution in [1.29, 1.82) is 0 Å². The molecule has 1 aliphatic heterocycles. The first-order chi connectivity index (χ1) is 13.6. The SMILES string of the molecule is CS(=O)(=O)N(CC(=O)N1CCN(c2cccc(Cl)c2)CC1)c1cc(Cl)ccc1Cl. The lowest BCUT2D eigenvalue weighted by atomic mass is 10.2. The number of hydrogen-bond donors (Lipinski definition) is 0. The molecule has 0 aromatic heterocycles. The average Bonchev–Trinajstić information content (AvgIpc) is 2.67. The van der Waals surface area contributed by atoms with Gasteiger partial charge in [0.25, 0.3) is 0 Å². The molecule has 0 radical (unpaired) electrons. The number of benzene rings is 2. The van der Waals surface area contributed by atoms with Gasteiger partial charge in [0.2, 0.25) is 15.9 Å². The molecule has 156 valence electrons. The number of anilines is 2. The van der Waals surface area contributed by atoms with Crippen LogP contribution in [-0.4, -0.2) is 58.2 Å². The van der Waals surface area contributed by atoms with E-state index >= 15 is 0 Å². The summed E-state index contributed by atoms with van der Waals surface area (Å²) in [5.41, 5.74) is 1.18. The van der Waals surface area contributed by atoms with Crippen molar-refractivity contribution in [3.63, 3.8) is 0 Å². The van der Waals surface area contributed by atoms with Gasteiger partial charge in [-0.3, -0.25) is 9.10 Å². The maximum atomic E-state index is 12.8. The van der Waals surface area contributed by atoms with Gasteiger partial charge in [0.1, 0.15) is 6.54 Å². The number of rotatable bonds is 5. The monoisotopic (exact) mass is 475 g/mol. The van der Waals surface area contributed by atoms with E-state index in [2.05, 4.69) is 4.90 Å². The molecule has 1 heterocycles. The number of nitrogens with zero attached hydrogens (tertiary/aromatic N) is 3. The Morgan fingerprint density at radius 2 is 1.66 bits per heavy atom. The third-order valence-corrected chi connectivity index (χ3v) is 6.58. The fourth-order valence-corrected chi connectivity index (χ4v) is 4.64. The van der Waals surface area contributed by atoms with Crippen LogP contribution < -0.4 is 9.21 Å². The highest BCUT2D eigenvalue weighted by Gasteiger charge is 2.28. The van der Waals surface area contributed by atoms with Gasteiger partial charge in [0.05, 0.1) is 17.0 Å². The highest BCUT2D eigenvalue weighted by Crippen LogP contribution is 2.30. The van der Waals surface area contributed by atoms with Gasteiger partial charge in [0.15, 0.2) is 0 Å². The smallest absolute Gasteiger partial charge is 0.243 e. The van der Waals surface area contributed by atoms with Crippen molar-refractivity contribution < 1.29 is 13.2 Å². The highest BCUT2D eigenvalue weighted by atomic mass is 35.5. The van der Waals surface area contributed by atoms with Crippen LogP contribution >= 0.6 is 34.8 Å². The third-order valence-electron chi connectivity index (χ3n) is 4.66. The van der Waals surface area contributed by atoms with Crippen LogP contribution in [0.25, 0.3) is 0 Å². The van der Waals surface area contributed by atoms with E-state index in [1.54, 1.807) is 11.0 Å². The van der Waals surface area contributed by atoms with Crippen LogP contribution in [0.2, 0.25) is 15.1 Å². The van der Waals surface area contributed by atoms with Gasteiger partial charge in [0, 0.05) is 41.9 Å². The Labute approximate surface area is 185 Å². The number of hydrogen-bond acceptors (Lipinski definition) is 4. The second-order valence-corrected chi connectivity index (χ2v) is 9.90. The summed E-state index contributed by atoms with van der Waals surface area (Å²) in [6.45, 7) is 1.88. The van der Waals surface area contributed by atoms with Crippen molar-refractivity contribution in [1.82, 2.24) is 4.90 Å². The Morgan fingerprint density at radius 3 is 2.28 bits per heavy atom. The predicted octanol–water partition coefficient (Wildman–Crippen LogP) is 3.76. The van der Waals surface area contributed by atoms with Crippen LogP contribution in [0.3, 0.4) is 0 Å². The zero-order chi connectivity index (χ0) is 21.2. The van der Waals surface area contributed by atoms with Gasteiger partial charge in [-0.15, -0.1) is 0 Å². The summed E-state index contributed by atoms with van der Waals surface area (Å²) in [7, 11) is -3.73. The maximum absolute atomic E-state index is 12.8. The van der Waals surface area contributed by atoms with Crippen molar-refractivity contribution in [2.24, 2.45) is 0 Å². The summed E-state index contributed by atoms with van der Waals surface area (Å²) >= 11 is 18.2. The average molecular weight is 477 g/mol. The molecule has 6 nitrogen and oxygen atoms in total. The number of sulfonamides is 1. The quantitative estimate of drug-likeness (QED) is 0.659. The fraction of sp³-hybridized carbons (Fsp3) is 0.316. The molecule has 0 unspecified atom stereocenters. The van der Waals surface area contributed by atoms with Crippen LogP contribution in [0.1, 0.15) is 0 Å². The van der Waals surface area contributed by atoms with Crippen LogP contribution in [0.15, 0.2) is 42.5 Å². The largest absolute Gasteiger partial charge is 0.368 e. The first-order valence-electron chi connectivity index (χ1n) is 8.86. The predicted molar refractivity (Wildman–Crippen MR) is 119 cm³/mol. The molecule has 1 fully saturated rings. The Hall–Kier alpha value is -1.67. The Balaban J connectivity index is 1.70. The van der Waals surface area contributed by atoms with E-state index < -0.39 is 10.0 Å². The number of carbonyl (C=O) groups excluding carboxylic acids is 1. The Morgan fingerprint density at radius 1 is 1.00 bits per heavy atom. The Kier molecular flexibility index (Phi) is 6.83. The molecule has 1 saturated heterocycles. The number of carbonyl (C=O) groups is 1. The minimum Gasteiger partial charge on any atom is -0.368 e. The van der Waals surface area contributed by atoms with Crippen LogP contribution in [0, 0.1) is 0 Å².